The summed E-state index contributed by atoms with van der Waals surface area (Å²) >= 11 is 0. The van der Waals surface area contributed by atoms with Crippen LogP contribution in [0.2, 0.25) is 0 Å². The van der Waals surface area contributed by atoms with E-state index >= 15 is 0 Å². The maximum absolute atomic E-state index is 11.2. The lowest BCUT2D eigenvalue weighted by atomic mass is 9.97. The van der Waals surface area contributed by atoms with Crippen molar-refractivity contribution in [1.29, 1.82) is 0 Å². The van der Waals surface area contributed by atoms with Gasteiger partial charge in [-0.25, -0.2) is 4.98 Å². The van der Waals surface area contributed by atoms with E-state index in [9.17, 15) is 4.79 Å². The van der Waals surface area contributed by atoms with Crippen LogP contribution < -0.4 is 4.74 Å². The Morgan fingerprint density at radius 2 is 2.16 bits per heavy atom. The molecule has 0 radical (unpaired) electrons. The number of hydrogen-bond acceptors (Lipinski definition) is 3. The summed E-state index contributed by atoms with van der Waals surface area (Å²) in [5.74, 6) is 2.11. The summed E-state index contributed by atoms with van der Waals surface area (Å²) < 4.78 is 7.52. The minimum Gasteiger partial charge on any atom is -0.497 e. The number of piperidine rings is 1. The van der Waals surface area contributed by atoms with Gasteiger partial charge in [-0.3, -0.25) is 4.79 Å². The second-order valence-electron chi connectivity index (χ2n) is 6.45. The van der Waals surface area contributed by atoms with E-state index in [2.05, 4.69) is 22.7 Å². The minimum atomic E-state index is 0.258. The molecule has 1 aromatic carbocycles. The standard InChI is InChI=1S/C20H21N3O2/c1-25-17-8-4-6-15(12-17)19-18-9-2-3-11-23(18)20(21-19)16-7-5-10-22(13-16)14-24/h2-4,6,8-9,11-12,14,16H,5,7,10,13H2,1H3/t16-/m0/s1. The fraction of sp³-hybridized carbons (Fsp3) is 0.300. The largest absolute Gasteiger partial charge is 0.497 e. The number of methoxy groups -OCH3 is 1. The van der Waals surface area contributed by atoms with Crippen LogP contribution in [0.25, 0.3) is 16.8 Å². The van der Waals surface area contributed by atoms with E-state index in [0.717, 1.165) is 60.7 Å². The topological polar surface area (TPSA) is 46.8 Å². The first-order valence-electron chi connectivity index (χ1n) is 8.61. The van der Waals surface area contributed by atoms with Crippen molar-refractivity contribution in [2.45, 2.75) is 18.8 Å². The van der Waals surface area contributed by atoms with Crippen LogP contribution in [-0.2, 0) is 4.79 Å². The number of rotatable bonds is 4. The predicted octanol–water partition coefficient (Wildman–Crippen LogP) is 3.35. The van der Waals surface area contributed by atoms with Gasteiger partial charge >= 0.3 is 0 Å². The van der Waals surface area contributed by atoms with Crippen LogP contribution in [0.5, 0.6) is 5.75 Å². The summed E-state index contributed by atoms with van der Waals surface area (Å²) in [6.45, 7) is 1.57. The molecule has 128 valence electrons. The molecule has 0 N–H and O–H groups in total. The summed E-state index contributed by atoms with van der Waals surface area (Å²) in [7, 11) is 1.67. The number of carbonyl (C=O) groups excluding carboxylic acids is 1. The van der Waals surface area contributed by atoms with Gasteiger partial charge in [-0.1, -0.05) is 18.2 Å². The number of fused-ring (bicyclic) bond motifs is 1. The first kappa shape index (κ1) is 15.7. The molecular formula is C20H21N3O2. The molecule has 5 heteroatoms. The molecule has 3 heterocycles. The third kappa shape index (κ3) is 2.86. The quantitative estimate of drug-likeness (QED) is 0.687. The van der Waals surface area contributed by atoms with Gasteiger partial charge in [0.05, 0.1) is 18.3 Å². The number of amides is 1. The second kappa shape index (κ2) is 6.59. The molecule has 3 aromatic rings. The van der Waals surface area contributed by atoms with Crippen molar-refractivity contribution in [3.8, 4) is 17.0 Å². The third-order valence-corrected chi connectivity index (χ3v) is 4.89. The highest BCUT2D eigenvalue weighted by Crippen LogP contribution is 2.32. The van der Waals surface area contributed by atoms with Crippen molar-refractivity contribution >= 4 is 11.9 Å². The molecule has 0 saturated carbocycles. The zero-order valence-corrected chi connectivity index (χ0v) is 14.3. The molecule has 1 saturated heterocycles. The van der Waals surface area contributed by atoms with Crippen LogP contribution in [0.3, 0.4) is 0 Å². The Labute approximate surface area is 146 Å². The molecular weight excluding hydrogens is 314 g/mol. The van der Waals surface area contributed by atoms with Crippen molar-refractivity contribution in [1.82, 2.24) is 14.3 Å². The normalized spacial score (nSPS) is 17.6. The molecule has 4 rings (SSSR count). The molecule has 1 amide bonds. The van der Waals surface area contributed by atoms with Gasteiger partial charge in [-0.15, -0.1) is 0 Å². The average molecular weight is 335 g/mol. The maximum Gasteiger partial charge on any atom is 0.209 e. The molecule has 1 atom stereocenters. The van der Waals surface area contributed by atoms with Gasteiger partial charge in [0.15, 0.2) is 0 Å². The molecule has 1 aliphatic rings. The van der Waals surface area contributed by atoms with Gasteiger partial charge in [0, 0.05) is 30.8 Å². The number of carbonyl (C=O) groups is 1. The smallest absolute Gasteiger partial charge is 0.209 e. The van der Waals surface area contributed by atoms with Crippen molar-refractivity contribution in [2.75, 3.05) is 20.2 Å². The number of pyridine rings is 1. The molecule has 1 fully saturated rings. The zero-order valence-electron chi connectivity index (χ0n) is 14.3. The second-order valence-corrected chi connectivity index (χ2v) is 6.45. The van der Waals surface area contributed by atoms with Crippen molar-refractivity contribution in [3.63, 3.8) is 0 Å². The highest BCUT2D eigenvalue weighted by Gasteiger charge is 2.25. The SMILES string of the molecule is COc1cccc(-c2nc([C@H]3CCCN(C=O)C3)n3ccccc23)c1. The zero-order chi connectivity index (χ0) is 17.2. The highest BCUT2D eigenvalue weighted by molar-refractivity contribution is 5.78. The van der Waals surface area contributed by atoms with Gasteiger partial charge in [0.1, 0.15) is 11.6 Å². The Balaban J connectivity index is 1.82. The van der Waals surface area contributed by atoms with Gasteiger partial charge in [0.25, 0.3) is 0 Å². The lowest BCUT2D eigenvalue weighted by Gasteiger charge is -2.29. The Morgan fingerprint density at radius 3 is 3.00 bits per heavy atom. The molecule has 0 aliphatic carbocycles. The Morgan fingerprint density at radius 1 is 1.24 bits per heavy atom. The van der Waals surface area contributed by atoms with Gasteiger partial charge in [0.2, 0.25) is 6.41 Å². The fourth-order valence-electron chi connectivity index (χ4n) is 3.65. The van der Waals surface area contributed by atoms with E-state index in [0.29, 0.717) is 0 Å². The van der Waals surface area contributed by atoms with E-state index < -0.39 is 0 Å². The molecule has 25 heavy (non-hydrogen) atoms. The number of aromatic nitrogens is 2. The first-order chi connectivity index (χ1) is 12.3. The van der Waals surface area contributed by atoms with Crippen LogP contribution >= 0.6 is 0 Å². The van der Waals surface area contributed by atoms with Crippen LogP contribution in [0.4, 0.5) is 0 Å². The monoisotopic (exact) mass is 335 g/mol. The van der Waals surface area contributed by atoms with E-state index in [4.69, 9.17) is 9.72 Å². The van der Waals surface area contributed by atoms with Gasteiger partial charge < -0.3 is 14.0 Å². The molecule has 5 nitrogen and oxygen atoms in total. The first-order valence-corrected chi connectivity index (χ1v) is 8.61. The van der Waals surface area contributed by atoms with Crippen molar-refractivity contribution in [3.05, 3.63) is 54.5 Å². The average Bonchev–Trinajstić information content (AvgIpc) is 3.08. The van der Waals surface area contributed by atoms with Crippen molar-refractivity contribution in [2.24, 2.45) is 0 Å². The Hall–Kier alpha value is -2.82. The Bertz CT molecular complexity index is 903. The number of ether oxygens (including phenoxy) is 1. The molecule has 0 unspecified atom stereocenters. The predicted molar refractivity (Wildman–Crippen MR) is 96.8 cm³/mol. The number of nitrogens with zero attached hydrogens (tertiary/aromatic N) is 3. The number of hydrogen-bond donors (Lipinski definition) is 0. The maximum atomic E-state index is 11.2. The van der Waals surface area contributed by atoms with E-state index in [1.54, 1.807) is 7.11 Å². The van der Waals surface area contributed by atoms with Crippen LogP contribution in [0.1, 0.15) is 24.6 Å². The summed E-state index contributed by atoms with van der Waals surface area (Å²) in [5.41, 5.74) is 3.07. The molecule has 1 aliphatic heterocycles. The summed E-state index contributed by atoms with van der Waals surface area (Å²) in [4.78, 5) is 18.0. The Kier molecular flexibility index (Phi) is 4.14. The molecule has 0 bridgehead atoms. The van der Waals surface area contributed by atoms with Gasteiger partial charge in [-0.2, -0.15) is 0 Å². The third-order valence-electron chi connectivity index (χ3n) is 4.89. The lowest BCUT2D eigenvalue weighted by Crippen LogP contribution is -2.33. The summed E-state index contributed by atoms with van der Waals surface area (Å²) in [5, 5.41) is 0. The van der Waals surface area contributed by atoms with E-state index in [-0.39, 0.29) is 5.92 Å². The highest BCUT2D eigenvalue weighted by atomic mass is 16.5. The molecule has 0 spiro atoms. The van der Waals surface area contributed by atoms with Gasteiger partial charge in [-0.05, 0) is 37.1 Å². The van der Waals surface area contributed by atoms with Crippen LogP contribution in [-0.4, -0.2) is 40.9 Å². The van der Waals surface area contributed by atoms with Crippen LogP contribution in [0.15, 0.2) is 48.7 Å². The minimum absolute atomic E-state index is 0.258. The van der Waals surface area contributed by atoms with E-state index in [1.807, 2.05) is 35.2 Å². The van der Waals surface area contributed by atoms with Crippen LogP contribution in [0, 0.1) is 0 Å². The van der Waals surface area contributed by atoms with E-state index in [1.165, 1.54) is 0 Å². The number of benzene rings is 1. The summed E-state index contributed by atoms with van der Waals surface area (Å²) in [6.07, 6.45) is 5.07. The molecule has 2 aromatic heterocycles. The fourth-order valence-corrected chi connectivity index (χ4v) is 3.65. The van der Waals surface area contributed by atoms with Crippen molar-refractivity contribution < 1.29 is 9.53 Å². The lowest BCUT2D eigenvalue weighted by molar-refractivity contribution is -0.119. The number of imidazole rings is 1. The number of likely N-dealkylation sites (tertiary alicyclic amines) is 1. The summed E-state index contributed by atoms with van der Waals surface area (Å²) in [6, 6.07) is 14.1.